The average molecular weight is 310 g/mol. The molecular weight excluding hydrogens is 288 g/mol. The van der Waals surface area contributed by atoms with E-state index in [9.17, 15) is 13.2 Å². The minimum absolute atomic E-state index is 0.118. The SMILES string of the molecule is C=CCN(CCNC(=O)Cc1cccc(C)c1)S(C)(=O)=O. The zero-order valence-electron chi connectivity index (χ0n) is 12.5. The number of sulfonamides is 1. The number of carbonyl (C=O) groups is 1. The number of hydrogen-bond acceptors (Lipinski definition) is 3. The highest BCUT2D eigenvalue weighted by atomic mass is 32.2. The molecule has 1 amide bonds. The Balaban J connectivity index is 2.44. The number of aryl methyl sites for hydroxylation is 1. The molecule has 5 nitrogen and oxygen atoms in total. The summed E-state index contributed by atoms with van der Waals surface area (Å²) in [5.74, 6) is -0.118. The molecule has 116 valence electrons. The van der Waals surface area contributed by atoms with E-state index >= 15 is 0 Å². The van der Waals surface area contributed by atoms with Crippen molar-refractivity contribution in [1.29, 1.82) is 0 Å². The normalized spacial score (nSPS) is 11.4. The van der Waals surface area contributed by atoms with Gasteiger partial charge in [0, 0.05) is 19.6 Å². The standard InChI is InChI=1S/C15H22N2O3S/c1-4-9-17(21(3,19)20)10-8-16-15(18)12-14-7-5-6-13(2)11-14/h4-7,11H,1,8-10,12H2,2-3H3,(H,16,18). The van der Waals surface area contributed by atoms with E-state index in [1.54, 1.807) is 0 Å². The van der Waals surface area contributed by atoms with E-state index in [-0.39, 0.29) is 25.5 Å². The van der Waals surface area contributed by atoms with Gasteiger partial charge in [0.25, 0.3) is 0 Å². The Hall–Kier alpha value is -1.66. The largest absolute Gasteiger partial charge is 0.354 e. The Kier molecular flexibility index (Phi) is 6.58. The zero-order chi connectivity index (χ0) is 15.9. The molecule has 1 aromatic carbocycles. The molecule has 0 aliphatic rings. The maximum absolute atomic E-state index is 11.8. The van der Waals surface area contributed by atoms with Crippen LogP contribution in [0, 0.1) is 6.92 Å². The predicted octanol–water partition coefficient (Wildman–Crippen LogP) is 1.10. The molecule has 0 heterocycles. The number of rotatable bonds is 8. The number of nitrogens with one attached hydrogen (secondary N) is 1. The second kappa shape index (κ2) is 7.95. The van der Waals surface area contributed by atoms with Crippen LogP contribution in [0.2, 0.25) is 0 Å². The summed E-state index contributed by atoms with van der Waals surface area (Å²) in [4.78, 5) is 11.8. The van der Waals surface area contributed by atoms with Crippen LogP contribution in [0.15, 0.2) is 36.9 Å². The lowest BCUT2D eigenvalue weighted by Crippen LogP contribution is -2.38. The summed E-state index contributed by atoms with van der Waals surface area (Å²) in [6.07, 6.45) is 2.96. The third-order valence-electron chi connectivity index (χ3n) is 2.93. The van der Waals surface area contributed by atoms with Crippen LogP contribution in [0.5, 0.6) is 0 Å². The topological polar surface area (TPSA) is 66.5 Å². The first-order chi connectivity index (χ1) is 9.82. The number of carbonyl (C=O) groups excluding carboxylic acids is 1. The van der Waals surface area contributed by atoms with E-state index in [0.717, 1.165) is 17.4 Å². The number of nitrogens with zero attached hydrogens (tertiary/aromatic N) is 1. The lowest BCUT2D eigenvalue weighted by Gasteiger charge is -2.18. The van der Waals surface area contributed by atoms with Crippen LogP contribution in [-0.4, -0.2) is 44.5 Å². The highest BCUT2D eigenvalue weighted by molar-refractivity contribution is 7.88. The summed E-state index contributed by atoms with van der Waals surface area (Å²) in [7, 11) is -3.28. The first-order valence-electron chi connectivity index (χ1n) is 6.71. The molecule has 1 rings (SSSR count). The molecule has 0 atom stereocenters. The van der Waals surface area contributed by atoms with Crippen LogP contribution in [0.25, 0.3) is 0 Å². The Bertz CT molecular complexity index is 597. The van der Waals surface area contributed by atoms with Gasteiger partial charge in [0.05, 0.1) is 12.7 Å². The minimum atomic E-state index is -3.28. The molecular formula is C15H22N2O3S. The molecule has 0 fully saturated rings. The van der Waals surface area contributed by atoms with Crippen LogP contribution in [0.3, 0.4) is 0 Å². The summed E-state index contributed by atoms with van der Waals surface area (Å²) in [5.41, 5.74) is 2.05. The molecule has 0 bridgehead atoms. The van der Waals surface area contributed by atoms with Crippen LogP contribution in [0.4, 0.5) is 0 Å². The van der Waals surface area contributed by atoms with Crippen molar-refractivity contribution in [3.8, 4) is 0 Å². The van der Waals surface area contributed by atoms with Gasteiger partial charge in [-0.25, -0.2) is 8.42 Å². The number of benzene rings is 1. The van der Waals surface area contributed by atoms with Crippen molar-refractivity contribution >= 4 is 15.9 Å². The van der Waals surface area contributed by atoms with Gasteiger partial charge in [0.15, 0.2) is 0 Å². The third kappa shape index (κ3) is 6.55. The second-order valence-electron chi connectivity index (χ2n) is 4.93. The molecule has 1 aromatic rings. The van der Waals surface area contributed by atoms with Gasteiger partial charge in [-0.1, -0.05) is 35.9 Å². The summed E-state index contributed by atoms with van der Waals surface area (Å²) in [6.45, 7) is 6.27. The van der Waals surface area contributed by atoms with Crippen molar-refractivity contribution in [2.45, 2.75) is 13.3 Å². The fourth-order valence-electron chi connectivity index (χ4n) is 1.93. The van der Waals surface area contributed by atoms with Crippen molar-refractivity contribution < 1.29 is 13.2 Å². The van der Waals surface area contributed by atoms with Gasteiger partial charge in [-0.15, -0.1) is 6.58 Å². The van der Waals surface area contributed by atoms with Gasteiger partial charge >= 0.3 is 0 Å². The van der Waals surface area contributed by atoms with Crippen molar-refractivity contribution in [3.63, 3.8) is 0 Å². The maximum Gasteiger partial charge on any atom is 0.224 e. The smallest absolute Gasteiger partial charge is 0.224 e. The summed E-state index contributed by atoms with van der Waals surface area (Å²) >= 11 is 0. The molecule has 21 heavy (non-hydrogen) atoms. The highest BCUT2D eigenvalue weighted by Gasteiger charge is 2.14. The monoisotopic (exact) mass is 310 g/mol. The van der Waals surface area contributed by atoms with Gasteiger partial charge in [-0.2, -0.15) is 4.31 Å². The van der Waals surface area contributed by atoms with E-state index in [1.807, 2.05) is 31.2 Å². The van der Waals surface area contributed by atoms with Crippen LogP contribution in [-0.2, 0) is 21.2 Å². The average Bonchev–Trinajstić information content (AvgIpc) is 2.36. The fourth-order valence-corrected chi connectivity index (χ4v) is 2.73. The van der Waals surface area contributed by atoms with E-state index in [1.165, 1.54) is 10.4 Å². The number of amides is 1. The minimum Gasteiger partial charge on any atom is -0.354 e. The van der Waals surface area contributed by atoms with Crippen LogP contribution >= 0.6 is 0 Å². The Morgan fingerprint density at radius 3 is 2.71 bits per heavy atom. The molecule has 0 saturated carbocycles. The Morgan fingerprint density at radius 2 is 2.14 bits per heavy atom. The van der Waals surface area contributed by atoms with Crippen molar-refractivity contribution in [2.75, 3.05) is 25.9 Å². The maximum atomic E-state index is 11.8. The first kappa shape index (κ1) is 17.4. The summed E-state index contributed by atoms with van der Waals surface area (Å²) in [5, 5.41) is 2.73. The van der Waals surface area contributed by atoms with E-state index in [0.29, 0.717) is 6.42 Å². The molecule has 0 unspecified atom stereocenters. The van der Waals surface area contributed by atoms with Crippen LogP contribution in [0.1, 0.15) is 11.1 Å². The highest BCUT2D eigenvalue weighted by Crippen LogP contribution is 2.04. The predicted molar refractivity (Wildman–Crippen MR) is 84.5 cm³/mol. The van der Waals surface area contributed by atoms with E-state index in [2.05, 4.69) is 11.9 Å². The third-order valence-corrected chi connectivity index (χ3v) is 4.20. The van der Waals surface area contributed by atoms with Gasteiger partial charge in [0.2, 0.25) is 15.9 Å². The van der Waals surface area contributed by atoms with Crippen molar-refractivity contribution in [3.05, 3.63) is 48.0 Å². The molecule has 0 aliphatic heterocycles. The molecule has 0 radical (unpaired) electrons. The molecule has 0 saturated heterocycles. The van der Waals surface area contributed by atoms with E-state index < -0.39 is 10.0 Å². The summed E-state index contributed by atoms with van der Waals surface area (Å²) < 4.78 is 24.3. The zero-order valence-corrected chi connectivity index (χ0v) is 13.3. The molecule has 0 aliphatic carbocycles. The van der Waals surface area contributed by atoms with Crippen LogP contribution < -0.4 is 5.32 Å². The van der Waals surface area contributed by atoms with Crippen molar-refractivity contribution in [1.82, 2.24) is 9.62 Å². The lowest BCUT2D eigenvalue weighted by atomic mass is 10.1. The van der Waals surface area contributed by atoms with Crippen molar-refractivity contribution in [2.24, 2.45) is 0 Å². The summed E-state index contributed by atoms with van der Waals surface area (Å²) in [6, 6.07) is 7.74. The Morgan fingerprint density at radius 1 is 1.43 bits per heavy atom. The Labute approximate surface area is 126 Å². The first-order valence-corrected chi connectivity index (χ1v) is 8.56. The molecule has 0 spiro atoms. The molecule has 6 heteroatoms. The van der Waals surface area contributed by atoms with Gasteiger partial charge in [-0.05, 0) is 12.5 Å². The van der Waals surface area contributed by atoms with Gasteiger partial charge < -0.3 is 5.32 Å². The van der Waals surface area contributed by atoms with Gasteiger partial charge in [0.1, 0.15) is 0 Å². The molecule has 1 N–H and O–H groups in total. The van der Waals surface area contributed by atoms with Gasteiger partial charge in [-0.3, -0.25) is 4.79 Å². The fraction of sp³-hybridized carbons (Fsp3) is 0.400. The molecule has 0 aromatic heterocycles. The lowest BCUT2D eigenvalue weighted by molar-refractivity contribution is -0.120. The number of hydrogen-bond donors (Lipinski definition) is 1. The van der Waals surface area contributed by atoms with E-state index in [4.69, 9.17) is 0 Å². The second-order valence-corrected chi connectivity index (χ2v) is 6.91. The quantitative estimate of drug-likeness (QED) is 0.731.